The third kappa shape index (κ3) is 2.61. The summed E-state index contributed by atoms with van der Waals surface area (Å²) in [4.78, 5) is 23.9. The molecule has 96 valence electrons. The van der Waals surface area contributed by atoms with Crippen molar-refractivity contribution in [1.29, 1.82) is 0 Å². The molecule has 1 aliphatic heterocycles. The third-order valence-corrected chi connectivity index (χ3v) is 3.18. The standard InChI is InChI=1S/C12H11ClFNO3/c13-10-4-8(14)1-2-9(10)12(18)15-5-7(6-15)3-11(16)17/h1-2,4,7H,3,5-6H2,(H,16,17). The van der Waals surface area contributed by atoms with Crippen molar-refractivity contribution in [3.63, 3.8) is 0 Å². The maximum Gasteiger partial charge on any atom is 0.303 e. The van der Waals surface area contributed by atoms with Gasteiger partial charge in [0.05, 0.1) is 17.0 Å². The van der Waals surface area contributed by atoms with Crippen molar-refractivity contribution in [3.05, 3.63) is 34.6 Å². The second kappa shape index (κ2) is 4.94. The van der Waals surface area contributed by atoms with Gasteiger partial charge >= 0.3 is 5.97 Å². The van der Waals surface area contributed by atoms with E-state index in [0.717, 1.165) is 6.07 Å². The van der Waals surface area contributed by atoms with Crippen molar-refractivity contribution in [2.45, 2.75) is 6.42 Å². The third-order valence-electron chi connectivity index (χ3n) is 2.87. The lowest BCUT2D eigenvalue weighted by Crippen LogP contribution is -2.50. The van der Waals surface area contributed by atoms with Gasteiger partial charge in [-0.25, -0.2) is 4.39 Å². The van der Waals surface area contributed by atoms with Crippen LogP contribution in [0.2, 0.25) is 5.02 Å². The molecule has 0 aliphatic carbocycles. The second-order valence-electron chi connectivity index (χ2n) is 4.30. The normalized spacial score (nSPS) is 15.3. The summed E-state index contributed by atoms with van der Waals surface area (Å²) in [6.07, 6.45) is 0.0565. The monoisotopic (exact) mass is 271 g/mol. The summed E-state index contributed by atoms with van der Waals surface area (Å²) < 4.78 is 12.8. The highest BCUT2D eigenvalue weighted by Gasteiger charge is 2.33. The number of hydrogen-bond donors (Lipinski definition) is 1. The van der Waals surface area contributed by atoms with E-state index in [-0.39, 0.29) is 28.8 Å². The Kier molecular flexibility index (Phi) is 3.52. The highest BCUT2D eigenvalue weighted by molar-refractivity contribution is 6.33. The van der Waals surface area contributed by atoms with Gasteiger partial charge in [0, 0.05) is 19.0 Å². The number of halogens is 2. The molecular weight excluding hydrogens is 261 g/mol. The maximum atomic E-state index is 12.8. The average Bonchev–Trinajstić information content (AvgIpc) is 2.21. The largest absolute Gasteiger partial charge is 0.481 e. The van der Waals surface area contributed by atoms with Crippen LogP contribution in [0.15, 0.2) is 18.2 Å². The predicted octanol–water partition coefficient (Wildman–Crippen LogP) is 2.03. The van der Waals surface area contributed by atoms with E-state index in [2.05, 4.69) is 0 Å². The highest BCUT2D eigenvalue weighted by Crippen LogP contribution is 2.25. The minimum Gasteiger partial charge on any atom is -0.481 e. The Balaban J connectivity index is 1.99. The van der Waals surface area contributed by atoms with Crippen molar-refractivity contribution in [1.82, 2.24) is 4.90 Å². The first-order valence-corrected chi connectivity index (χ1v) is 5.81. The van der Waals surface area contributed by atoms with Crippen LogP contribution in [0, 0.1) is 11.7 Å². The number of aliphatic carboxylic acids is 1. The van der Waals surface area contributed by atoms with Crippen LogP contribution in [0.3, 0.4) is 0 Å². The Bertz CT molecular complexity index is 500. The van der Waals surface area contributed by atoms with E-state index in [1.165, 1.54) is 17.0 Å². The van der Waals surface area contributed by atoms with Crippen LogP contribution in [0.25, 0.3) is 0 Å². The van der Waals surface area contributed by atoms with E-state index in [1.54, 1.807) is 0 Å². The maximum absolute atomic E-state index is 12.8. The summed E-state index contributed by atoms with van der Waals surface area (Å²) >= 11 is 5.79. The molecule has 0 saturated carbocycles. The number of carboxylic acids is 1. The lowest BCUT2D eigenvalue weighted by atomic mass is 9.95. The van der Waals surface area contributed by atoms with Gasteiger partial charge in [0.15, 0.2) is 0 Å². The van der Waals surface area contributed by atoms with Gasteiger partial charge in [0.1, 0.15) is 5.82 Å². The fraction of sp³-hybridized carbons (Fsp3) is 0.333. The average molecular weight is 272 g/mol. The van der Waals surface area contributed by atoms with E-state index < -0.39 is 11.8 Å². The predicted molar refractivity (Wildman–Crippen MR) is 63.1 cm³/mol. The molecule has 0 spiro atoms. The summed E-state index contributed by atoms with van der Waals surface area (Å²) in [7, 11) is 0. The number of carbonyl (C=O) groups excluding carboxylic acids is 1. The van der Waals surface area contributed by atoms with E-state index in [0.29, 0.717) is 13.1 Å². The number of benzene rings is 1. The van der Waals surface area contributed by atoms with E-state index in [4.69, 9.17) is 16.7 Å². The van der Waals surface area contributed by atoms with Gasteiger partial charge in [-0.2, -0.15) is 0 Å². The second-order valence-corrected chi connectivity index (χ2v) is 4.71. The summed E-state index contributed by atoms with van der Waals surface area (Å²) in [5.41, 5.74) is 0.242. The quantitative estimate of drug-likeness (QED) is 0.915. The molecule has 1 fully saturated rings. The Labute approximate surface area is 108 Å². The zero-order chi connectivity index (χ0) is 13.3. The number of carboxylic acid groups (broad SMARTS) is 1. The Hall–Kier alpha value is -1.62. The number of likely N-dealkylation sites (tertiary alicyclic amines) is 1. The summed E-state index contributed by atoms with van der Waals surface area (Å²) in [5, 5.41) is 8.67. The molecule has 1 aromatic rings. The van der Waals surface area contributed by atoms with Crippen molar-refractivity contribution < 1.29 is 19.1 Å². The molecule has 1 aliphatic rings. The molecule has 0 atom stereocenters. The molecule has 1 amide bonds. The van der Waals surface area contributed by atoms with E-state index in [1.807, 2.05) is 0 Å². The Morgan fingerprint density at radius 1 is 1.44 bits per heavy atom. The molecule has 1 aromatic carbocycles. The van der Waals surface area contributed by atoms with Crippen LogP contribution in [-0.4, -0.2) is 35.0 Å². The van der Waals surface area contributed by atoms with Gasteiger partial charge < -0.3 is 10.0 Å². The molecule has 0 radical (unpaired) electrons. The molecule has 6 heteroatoms. The van der Waals surface area contributed by atoms with Crippen LogP contribution >= 0.6 is 11.6 Å². The molecule has 18 heavy (non-hydrogen) atoms. The van der Waals surface area contributed by atoms with Crippen LogP contribution in [0.4, 0.5) is 4.39 Å². The van der Waals surface area contributed by atoms with Crippen molar-refractivity contribution in [2.75, 3.05) is 13.1 Å². The topological polar surface area (TPSA) is 57.6 Å². The van der Waals surface area contributed by atoms with Crippen molar-refractivity contribution in [2.24, 2.45) is 5.92 Å². The van der Waals surface area contributed by atoms with Crippen LogP contribution < -0.4 is 0 Å². The first-order valence-electron chi connectivity index (χ1n) is 5.43. The molecule has 0 bridgehead atoms. The first-order chi connectivity index (χ1) is 8.47. The van der Waals surface area contributed by atoms with Crippen LogP contribution in [0.5, 0.6) is 0 Å². The molecule has 2 rings (SSSR count). The minimum atomic E-state index is -0.869. The zero-order valence-electron chi connectivity index (χ0n) is 9.40. The van der Waals surface area contributed by atoms with E-state index >= 15 is 0 Å². The summed E-state index contributed by atoms with van der Waals surface area (Å²) in [5.74, 6) is -1.66. The number of rotatable bonds is 3. The molecule has 0 aromatic heterocycles. The lowest BCUT2D eigenvalue weighted by Gasteiger charge is -2.38. The minimum absolute atomic E-state index is 0.00864. The number of amides is 1. The molecule has 1 heterocycles. The van der Waals surface area contributed by atoms with Gasteiger partial charge in [-0.3, -0.25) is 9.59 Å². The summed E-state index contributed by atoms with van der Waals surface area (Å²) in [6.45, 7) is 0.803. The molecular formula is C12H11ClFNO3. The van der Waals surface area contributed by atoms with Gasteiger partial charge in [0.2, 0.25) is 0 Å². The fourth-order valence-electron chi connectivity index (χ4n) is 1.95. The number of carbonyl (C=O) groups is 2. The fourth-order valence-corrected chi connectivity index (χ4v) is 2.19. The van der Waals surface area contributed by atoms with E-state index in [9.17, 15) is 14.0 Å². The van der Waals surface area contributed by atoms with Gasteiger partial charge in [0.25, 0.3) is 5.91 Å². The Morgan fingerprint density at radius 2 is 2.11 bits per heavy atom. The van der Waals surface area contributed by atoms with Crippen LogP contribution in [-0.2, 0) is 4.79 Å². The molecule has 1 saturated heterocycles. The molecule has 4 nitrogen and oxygen atoms in total. The smallest absolute Gasteiger partial charge is 0.303 e. The highest BCUT2D eigenvalue weighted by atomic mass is 35.5. The van der Waals surface area contributed by atoms with Crippen molar-refractivity contribution in [3.8, 4) is 0 Å². The molecule has 1 N–H and O–H groups in total. The SMILES string of the molecule is O=C(O)CC1CN(C(=O)c2ccc(F)cc2Cl)C1. The van der Waals surface area contributed by atoms with Gasteiger partial charge in [-0.05, 0) is 18.2 Å². The van der Waals surface area contributed by atoms with Gasteiger partial charge in [-0.1, -0.05) is 11.6 Å². The Morgan fingerprint density at radius 3 is 2.67 bits per heavy atom. The zero-order valence-corrected chi connectivity index (χ0v) is 10.2. The lowest BCUT2D eigenvalue weighted by molar-refractivity contribution is -0.139. The van der Waals surface area contributed by atoms with Crippen LogP contribution in [0.1, 0.15) is 16.8 Å². The number of hydrogen-bond acceptors (Lipinski definition) is 2. The van der Waals surface area contributed by atoms with Gasteiger partial charge in [-0.15, -0.1) is 0 Å². The molecule has 0 unspecified atom stereocenters. The summed E-state index contributed by atoms with van der Waals surface area (Å²) in [6, 6.07) is 3.60. The number of nitrogens with zero attached hydrogens (tertiary/aromatic N) is 1. The first kappa shape index (κ1) is 12.8. The van der Waals surface area contributed by atoms with Crippen molar-refractivity contribution >= 4 is 23.5 Å².